The summed E-state index contributed by atoms with van der Waals surface area (Å²) in [5.41, 5.74) is 3.47. The van der Waals surface area contributed by atoms with Crippen molar-refractivity contribution in [1.82, 2.24) is 5.32 Å². The van der Waals surface area contributed by atoms with E-state index in [-0.39, 0.29) is 18.2 Å². The van der Waals surface area contributed by atoms with Gasteiger partial charge < -0.3 is 10.6 Å². The van der Waals surface area contributed by atoms with Gasteiger partial charge in [0.1, 0.15) is 5.25 Å². The second kappa shape index (κ2) is 7.93. The van der Waals surface area contributed by atoms with E-state index in [0.717, 1.165) is 16.8 Å². The van der Waals surface area contributed by atoms with Crippen LogP contribution in [0.1, 0.15) is 17.5 Å². The summed E-state index contributed by atoms with van der Waals surface area (Å²) in [6, 6.07) is 13.0. The summed E-state index contributed by atoms with van der Waals surface area (Å²) < 4.78 is 0. The summed E-state index contributed by atoms with van der Waals surface area (Å²) in [5.74, 6) is -0.446. The van der Waals surface area contributed by atoms with Crippen LogP contribution in [-0.4, -0.2) is 22.2 Å². The molecule has 0 radical (unpaired) electrons. The zero-order valence-corrected chi connectivity index (χ0v) is 15.9. The Bertz CT molecular complexity index is 881. The maximum absolute atomic E-state index is 12.3. The molecule has 3 rings (SSSR count). The number of carbonyl (C=O) groups is 2. The van der Waals surface area contributed by atoms with Gasteiger partial charge in [-0.2, -0.15) is 0 Å². The predicted molar refractivity (Wildman–Crippen MR) is 107 cm³/mol. The third kappa shape index (κ3) is 4.65. The molecule has 1 saturated heterocycles. The van der Waals surface area contributed by atoms with Gasteiger partial charge in [0.05, 0.1) is 5.69 Å². The molecule has 2 aromatic rings. The summed E-state index contributed by atoms with van der Waals surface area (Å²) >= 11 is 7.23. The summed E-state index contributed by atoms with van der Waals surface area (Å²) in [7, 11) is 0. The molecule has 5 nitrogen and oxygen atoms in total. The number of halogens is 1. The molecule has 2 N–H and O–H groups in total. The van der Waals surface area contributed by atoms with Gasteiger partial charge in [-0.15, -0.1) is 0 Å². The average molecular weight is 388 g/mol. The summed E-state index contributed by atoms with van der Waals surface area (Å²) in [6.07, 6.45) is 0.0649. The number of carbonyl (C=O) groups excluding carboxylic acids is 2. The van der Waals surface area contributed by atoms with Crippen LogP contribution in [-0.2, 0) is 9.59 Å². The molecule has 1 unspecified atom stereocenters. The lowest BCUT2D eigenvalue weighted by molar-refractivity contribution is -0.122. The Morgan fingerprint density at radius 1 is 1.23 bits per heavy atom. The number of nitrogens with zero attached hydrogens (tertiary/aromatic N) is 1. The Hall–Kier alpha value is -2.31. The molecule has 1 fully saturated rings. The van der Waals surface area contributed by atoms with Crippen LogP contribution in [0.5, 0.6) is 0 Å². The van der Waals surface area contributed by atoms with E-state index in [2.05, 4.69) is 15.6 Å². The highest BCUT2D eigenvalue weighted by molar-refractivity contribution is 8.15. The minimum atomic E-state index is -0.501. The first kappa shape index (κ1) is 18.5. The van der Waals surface area contributed by atoms with Crippen molar-refractivity contribution in [2.24, 2.45) is 4.99 Å². The average Bonchev–Trinajstić information content (AvgIpc) is 2.92. The molecule has 0 spiro atoms. The minimum absolute atomic E-state index is 0.0649. The number of thioether (sulfide) groups is 1. The van der Waals surface area contributed by atoms with Crippen LogP contribution in [0.2, 0.25) is 5.02 Å². The SMILES string of the molecule is Cc1ccc(N=C2NC(=O)C(CC(=O)Nc3cc(Cl)ccc3C)S2)cc1. The lowest BCUT2D eigenvalue weighted by Gasteiger charge is -2.10. The van der Waals surface area contributed by atoms with E-state index in [1.807, 2.05) is 44.2 Å². The Kier molecular flexibility index (Phi) is 5.64. The lowest BCUT2D eigenvalue weighted by atomic mass is 10.2. The molecule has 2 aromatic carbocycles. The van der Waals surface area contributed by atoms with Gasteiger partial charge in [-0.25, -0.2) is 4.99 Å². The van der Waals surface area contributed by atoms with Crippen LogP contribution >= 0.6 is 23.4 Å². The number of amidine groups is 1. The van der Waals surface area contributed by atoms with Gasteiger partial charge in [0.2, 0.25) is 11.8 Å². The van der Waals surface area contributed by atoms with Gasteiger partial charge in [0, 0.05) is 17.1 Å². The van der Waals surface area contributed by atoms with Gasteiger partial charge in [-0.3, -0.25) is 9.59 Å². The summed E-state index contributed by atoms with van der Waals surface area (Å²) in [4.78, 5) is 28.8. The Morgan fingerprint density at radius 3 is 2.69 bits per heavy atom. The highest BCUT2D eigenvalue weighted by atomic mass is 35.5. The van der Waals surface area contributed by atoms with Crippen LogP contribution in [0.3, 0.4) is 0 Å². The fourth-order valence-corrected chi connectivity index (χ4v) is 3.59. The van der Waals surface area contributed by atoms with Crippen molar-refractivity contribution in [3.05, 3.63) is 58.6 Å². The third-order valence-corrected chi connectivity index (χ3v) is 5.20. The van der Waals surface area contributed by atoms with Crippen LogP contribution in [0, 0.1) is 13.8 Å². The van der Waals surface area contributed by atoms with E-state index >= 15 is 0 Å². The van der Waals surface area contributed by atoms with Crippen molar-refractivity contribution in [2.45, 2.75) is 25.5 Å². The zero-order chi connectivity index (χ0) is 18.7. The molecule has 134 valence electrons. The summed E-state index contributed by atoms with van der Waals surface area (Å²) in [6.45, 7) is 3.88. The first-order valence-corrected chi connectivity index (χ1v) is 9.35. The van der Waals surface area contributed by atoms with E-state index in [9.17, 15) is 9.59 Å². The summed E-state index contributed by atoms with van der Waals surface area (Å²) in [5, 5.41) is 6.10. The van der Waals surface area contributed by atoms with Gasteiger partial charge in [-0.05, 0) is 43.7 Å². The fourth-order valence-electron chi connectivity index (χ4n) is 2.43. The minimum Gasteiger partial charge on any atom is -0.326 e. The number of aliphatic imine (C=N–C) groups is 1. The molecular formula is C19H18ClN3O2S. The number of anilines is 1. The number of hydrogen-bond donors (Lipinski definition) is 2. The topological polar surface area (TPSA) is 70.6 Å². The van der Waals surface area contributed by atoms with E-state index in [0.29, 0.717) is 15.9 Å². The third-order valence-electron chi connectivity index (χ3n) is 3.89. The van der Waals surface area contributed by atoms with Crippen LogP contribution in [0.4, 0.5) is 11.4 Å². The van der Waals surface area contributed by atoms with Gasteiger partial charge >= 0.3 is 0 Å². The molecule has 0 saturated carbocycles. The van der Waals surface area contributed by atoms with Crippen molar-refractivity contribution >= 4 is 51.7 Å². The second-order valence-corrected chi connectivity index (χ2v) is 7.69. The number of amides is 2. The first-order valence-electron chi connectivity index (χ1n) is 8.09. The monoisotopic (exact) mass is 387 g/mol. The molecule has 1 aliphatic heterocycles. The highest BCUT2D eigenvalue weighted by Gasteiger charge is 2.32. The quantitative estimate of drug-likeness (QED) is 0.825. The maximum Gasteiger partial charge on any atom is 0.240 e. The second-order valence-electron chi connectivity index (χ2n) is 6.06. The van der Waals surface area contributed by atoms with Gasteiger partial charge in [0.25, 0.3) is 0 Å². The number of nitrogens with one attached hydrogen (secondary N) is 2. The molecule has 7 heteroatoms. The molecule has 2 amide bonds. The van der Waals surface area contributed by atoms with Gasteiger partial charge in [0.15, 0.2) is 5.17 Å². The Morgan fingerprint density at radius 2 is 1.96 bits per heavy atom. The van der Waals surface area contributed by atoms with E-state index in [4.69, 9.17) is 11.6 Å². The van der Waals surface area contributed by atoms with Crippen LogP contribution in [0.25, 0.3) is 0 Å². The molecule has 1 aliphatic rings. The van der Waals surface area contributed by atoms with Crippen LogP contribution < -0.4 is 10.6 Å². The molecular weight excluding hydrogens is 370 g/mol. The van der Waals surface area contributed by atoms with Crippen molar-refractivity contribution in [3.63, 3.8) is 0 Å². The standard InChI is InChI=1S/C19H18ClN3O2S/c1-11-3-7-14(8-4-11)21-19-23-18(25)16(26-19)10-17(24)22-15-9-13(20)6-5-12(15)2/h3-9,16H,10H2,1-2H3,(H,22,24)(H,21,23,25). The maximum atomic E-state index is 12.3. The molecule has 1 heterocycles. The number of benzene rings is 2. The van der Waals surface area contributed by atoms with E-state index in [1.54, 1.807) is 12.1 Å². The first-order chi connectivity index (χ1) is 12.4. The number of rotatable bonds is 4. The Labute approximate surface area is 161 Å². The largest absolute Gasteiger partial charge is 0.326 e. The van der Waals surface area contributed by atoms with Crippen molar-refractivity contribution in [3.8, 4) is 0 Å². The lowest BCUT2D eigenvalue weighted by Crippen LogP contribution is -2.28. The normalized spacial score (nSPS) is 18.0. The van der Waals surface area contributed by atoms with E-state index < -0.39 is 5.25 Å². The predicted octanol–water partition coefficient (Wildman–Crippen LogP) is 4.20. The smallest absolute Gasteiger partial charge is 0.240 e. The molecule has 1 atom stereocenters. The molecule has 0 bridgehead atoms. The van der Waals surface area contributed by atoms with E-state index in [1.165, 1.54) is 11.8 Å². The molecule has 0 aliphatic carbocycles. The zero-order valence-electron chi connectivity index (χ0n) is 14.4. The molecule has 26 heavy (non-hydrogen) atoms. The van der Waals surface area contributed by atoms with Gasteiger partial charge in [-0.1, -0.05) is 47.1 Å². The fraction of sp³-hybridized carbons (Fsp3) is 0.211. The van der Waals surface area contributed by atoms with Crippen molar-refractivity contribution < 1.29 is 9.59 Å². The number of hydrogen-bond acceptors (Lipinski definition) is 4. The number of aryl methyl sites for hydroxylation is 2. The van der Waals surface area contributed by atoms with Crippen molar-refractivity contribution in [2.75, 3.05) is 5.32 Å². The van der Waals surface area contributed by atoms with Crippen molar-refractivity contribution in [1.29, 1.82) is 0 Å². The molecule has 0 aromatic heterocycles. The van der Waals surface area contributed by atoms with Crippen LogP contribution in [0.15, 0.2) is 47.5 Å². The highest BCUT2D eigenvalue weighted by Crippen LogP contribution is 2.26. The Balaban J connectivity index is 1.63.